The van der Waals surface area contributed by atoms with Crippen LogP contribution in [0.25, 0.3) is 0 Å². The van der Waals surface area contributed by atoms with Crippen molar-refractivity contribution >= 4 is 40.6 Å². The van der Waals surface area contributed by atoms with Crippen molar-refractivity contribution in [1.82, 2.24) is 0 Å². The van der Waals surface area contributed by atoms with Gasteiger partial charge in [0.25, 0.3) is 0 Å². The summed E-state index contributed by atoms with van der Waals surface area (Å²) < 4.78 is 5.41. The topological polar surface area (TPSA) is 55.4 Å². The molecule has 1 amide bonds. The molecule has 2 aromatic rings. The van der Waals surface area contributed by atoms with Gasteiger partial charge in [0, 0.05) is 27.7 Å². The third kappa shape index (κ3) is 5.27. The standard InChI is InChI=1S/C17H15Cl2NO3/c1-2-17(22)20-14-5-3-11(4-6-14)16(21)10-23-15-8-12(18)7-13(19)9-15/h3-9H,2,10H2,1H3,(H,20,22). The van der Waals surface area contributed by atoms with Crippen molar-refractivity contribution in [2.45, 2.75) is 13.3 Å². The number of hydrogen-bond donors (Lipinski definition) is 1. The first-order chi connectivity index (χ1) is 11.0. The lowest BCUT2D eigenvalue weighted by Crippen LogP contribution is -2.12. The predicted molar refractivity (Wildman–Crippen MR) is 91.7 cm³/mol. The van der Waals surface area contributed by atoms with Crippen LogP contribution in [0.4, 0.5) is 5.69 Å². The summed E-state index contributed by atoms with van der Waals surface area (Å²) in [5.74, 6) is 0.169. The molecule has 0 unspecified atom stereocenters. The van der Waals surface area contributed by atoms with Crippen LogP contribution in [0.5, 0.6) is 5.75 Å². The number of ether oxygens (including phenoxy) is 1. The molecule has 0 aliphatic heterocycles. The molecule has 0 radical (unpaired) electrons. The summed E-state index contributed by atoms with van der Waals surface area (Å²) in [6, 6.07) is 11.4. The zero-order chi connectivity index (χ0) is 16.8. The molecule has 0 heterocycles. The first kappa shape index (κ1) is 17.3. The van der Waals surface area contributed by atoms with Crippen molar-refractivity contribution in [2.24, 2.45) is 0 Å². The molecule has 2 rings (SSSR count). The Morgan fingerprint density at radius 1 is 1.04 bits per heavy atom. The van der Waals surface area contributed by atoms with Gasteiger partial charge in [0.15, 0.2) is 12.4 Å². The molecule has 6 heteroatoms. The van der Waals surface area contributed by atoms with E-state index in [1.54, 1.807) is 49.4 Å². The Bertz CT molecular complexity index is 694. The van der Waals surface area contributed by atoms with E-state index >= 15 is 0 Å². The van der Waals surface area contributed by atoms with Gasteiger partial charge in [-0.05, 0) is 42.5 Å². The summed E-state index contributed by atoms with van der Waals surface area (Å²) in [5.41, 5.74) is 1.14. The average molecular weight is 352 g/mol. The molecule has 0 aromatic heterocycles. The molecule has 0 fully saturated rings. The zero-order valence-electron chi connectivity index (χ0n) is 12.4. The normalized spacial score (nSPS) is 10.2. The van der Waals surface area contributed by atoms with Gasteiger partial charge in [-0.2, -0.15) is 0 Å². The van der Waals surface area contributed by atoms with Crippen molar-refractivity contribution < 1.29 is 14.3 Å². The van der Waals surface area contributed by atoms with Gasteiger partial charge in [-0.3, -0.25) is 9.59 Å². The van der Waals surface area contributed by atoms with E-state index in [2.05, 4.69) is 5.32 Å². The van der Waals surface area contributed by atoms with Crippen LogP contribution in [0.2, 0.25) is 10.0 Å². The SMILES string of the molecule is CCC(=O)Nc1ccc(C(=O)COc2cc(Cl)cc(Cl)c2)cc1. The summed E-state index contributed by atoms with van der Waals surface area (Å²) in [7, 11) is 0. The number of amides is 1. The highest BCUT2D eigenvalue weighted by Crippen LogP contribution is 2.24. The Kier molecular flexibility index (Phi) is 6.02. The van der Waals surface area contributed by atoms with E-state index in [-0.39, 0.29) is 18.3 Å². The Hall–Kier alpha value is -2.04. The Labute approximate surface area is 144 Å². The quantitative estimate of drug-likeness (QED) is 0.773. The smallest absolute Gasteiger partial charge is 0.224 e. The molecule has 0 aliphatic carbocycles. The van der Waals surface area contributed by atoms with Crippen molar-refractivity contribution in [3.8, 4) is 5.75 Å². The minimum absolute atomic E-state index is 0.0785. The lowest BCUT2D eigenvalue weighted by atomic mass is 10.1. The largest absolute Gasteiger partial charge is 0.485 e. The van der Waals surface area contributed by atoms with Gasteiger partial charge in [0.2, 0.25) is 5.91 Å². The van der Waals surface area contributed by atoms with Gasteiger partial charge < -0.3 is 10.1 Å². The highest BCUT2D eigenvalue weighted by Gasteiger charge is 2.08. The van der Waals surface area contributed by atoms with Gasteiger partial charge in [0.05, 0.1) is 0 Å². The predicted octanol–water partition coefficient (Wildman–Crippen LogP) is 4.60. The van der Waals surface area contributed by atoms with E-state index in [0.29, 0.717) is 33.5 Å². The average Bonchev–Trinajstić information content (AvgIpc) is 2.52. The van der Waals surface area contributed by atoms with Crippen molar-refractivity contribution in [3.63, 3.8) is 0 Å². The van der Waals surface area contributed by atoms with Crippen LogP contribution in [-0.2, 0) is 4.79 Å². The number of hydrogen-bond acceptors (Lipinski definition) is 3. The Morgan fingerprint density at radius 2 is 1.65 bits per heavy atom. The van der Waals surface area contributed by atoms with E-state index in [1.807, 2.05) is 0 Å². The molecule has 2 aromatic carbocycles. The van der Waals surface area contributed by atoms with Crippen molar-refractivity contribution in [3.05, 3.63) is 58.1 Å². The van der Waals surface area contributed by atoms with Crippen LogP contribution in [0.1, 0.15) is 23.7 Å². The number of nitrogens with one attached hydrogen (secondary N) is 1. The molecule has 1 N–H and O–H groups in total. The summed E-state index contributed by atoms with van der Waals surface area (Å²) in [5, 5.41) is 3.60. The molecular weight excluding hydrogens is 337 g/mol. The van der Waals surface area contributed by atoms with Gasteiger partial charge in [-0.1, -0.05) is 30.1 Å². The minimum atomic E-state index is -0.186. The minimum Gasteiger partial charge on any atom is -0.485 e. The van der Waals surface area contributed by atoms with E-state index in [1.165, 1.54) is 0 Å². The Morgan fingerprint density at radius 3 is 2.22 bits per heavy atom. The summed E-state index contributed by atoms with van der Waals surface area (Å²) in [6.07, 6.45) is 0.400. The van der Waals surface area contributed by atoms with Gasteiger partial charge in [-0.25, -0.2) is 0 Å². The number of benzene rings is 2. The molecule has 0 spiro atoms. The lowest BCUT2D eigenvalue weighted by molar-refractivity contribution is -0.115. The monoisotopic (exact) mass is 351 g/mol. The zero-order valence-corrected chi connectivity index (χ0v) is 13.9. The number of anilines is 1. The molecule has 0 saturated carbocycles. The highest BCUT2D eigenvalue weighted by atomic mass is 35.5. The summed E-state index contributed by atoms with van der Waals surface area (Å²) >= 11 is 11.7. The maximum Gasteiger partial charge on any atom is 0.224 e. The third-order valence-electron chi connectivity index (χ3n) is 3.02. The second kappa shape index (κ2) is 7.99. The van der Waals surface area contributed by atoms with E-state index in [4.69, 9.17) is 27.9 Å². The van der Waals surface area contributed by atoms with Crippen molar-refractivity contribution in [2.75, 3.05) is 11.9 Å². The lowest BCUT2D eigenvalue weighted by Gasteiger charge is -2.08. The van der Waals surface area contributed by atoms with Gasteiger partial charge >= 0.3 is 0 Å². The van der Waals surface area contributed by atoms with Crippen LogP contribution in [0.3, 0.4) is 0 Å². The van der Waals surface area contributed by atoms with Crippen LogP contribution < -0.4 is 10.1 Å². The number of ketones is 1. The highest BCUT2D eigenvalue weighted by molar-refractivity contribution is 6.34. The fourth-order valence-corrected chi connectivity index (χ4v) is 2.34. The molecule has 4 nitrogen and oxygen atoms in total. The number of Topliss-reactive ketones (excluding diaryl/α,β-unsaturated/α-hetero) is 1. The third-order valence-corrected chi connectivity index (χ3v) is 3.45. The first-order valence-electron chi connectivity index (χ1n) is 7.00. The van der Waals surface area contributed by atoms with E-state index < -0.39 is 0 Å². The molecule has 120 valence electrons. The fourth-order valence-electron chi connectivity index (χ4n) is 1.83. The number of halogens is 2. The van der Waals surface area contributed by atoms with E-state index in [9.17, 15) is 9.59 Å². The number of carbonyl (C=O) groups is 2. The van der Waals surface area contributed by atoms with Crippen LogP contribution in [0.15, 0.2) is 42.5 Å². The number of carbonyl (C=O) groups excluding carboxylic acids is 2. The van der Waals surface area contributed by atoms with Gasteiger partial charge in [0.1, 0.15) is 5.75 Å². The van der Waals surface area contributed by atoms with Crippen molar-refractivity contribution in [1.29, 1.82) is 0 Å². The molecule has 0 saturated heterocycles. The van der Waals surface area contributed by atoms with E-state index in [0.717, 1.165) is 0 Å². The summed E-state index contributed by atoms with van der Waals surface area (Å²) in [4.78, 5) is 23.4. The van der Waals surface area contributed by atoms with Gasteiger partial charge in [-0.15, -0.1) is 0 Å². The Balaban J connectivity index is 1.96. The molecule has 0 atom stereocenters. The molecule has 23 heavy (non-hydrogen) atoms. The molecular formula is C17H15Cl2NO3. The molecule has 0 bridgehead atoms. The maximum atomic E-state index is 12.1. The second-order valence-corrected chi connectivity index (χ2v) is 5.67. The number of rotatable bonds is 6. The fraction of sp³-hybridized carbons (Fsp3) is 0.176. The first-order valence-corrected chi connectivity index (χ1v) is 7.75. The second-order valence-electron chi connectivity index (χ2n) is 4.80. The maximum absolute atomic E-state index is 12.1. The van der Waals surface area contributed by atoms with Crippen LogP contribution >= 0.6 is 23.2 Å². The van der Waals surface area contributed by atoms with Crippen LogP contribution in [-0.4, -0.2) is 18.3 Å². The summed E-state index contributed by atoms with van der Waals surface area (Å²) in [6.45, 7) is 1.64. The van der Waals surface area contributed by atoms with Crippen LogP contribution in [0, 0.1) is 0 Å². The molecule has 0 aliphatic rings.